The fourth-order valence-electron chi connectivity index (χ4n) is 5.34. The Bertz CT molecular complexity index is 4100. The number of rotatable bonds is 3. The number of fused-ring (bicyclic) bond motifs is 5. The monoisotopic (exact) mass is 584 g/mol. The van der Waals surface area contributed by atoms with Gasteiger partial charge >= 0.3 is 0 Å². The van der Waals surface area contributed by atoms with Gasteiger partial charge in [-0.25, -0.2) is 0 Å². The Morgan fingerprint density at radius 2 is 0.636 bits per heavy atom. The summed E-state index contributed by atoms with van der Waals surface area (Å²) in [5, 5.41) is -7.44. The van der Waals surface area contributed by atoms with Crippen molar-refractivity contribution in [2.75, 3.05) is 0 Å². The van der Waals surface area contributed by atoms with Crippen molar-refractivity contribution in [3.8, 4) is 33.4 Å². The summed E-state index contributed by atoms with van der Waals surface area (Å²) < 4.78 is 253. The quantitative estimate of drug-likeness (QED) is 0.181. The van der Waals surface area contributed by atoms with E-state index in [2.05, 4.69) is 0 Å². The van der Waals surface area contributed by atoms with Crippen molar-refractivity contribution in [1.82, 2.24) is 0 Å². The van der Waals surface area contributed by atoms with Gasteiger partial charge in [0.05, 0.1) is 38.4 Å². The van der Waals surface area contributed by atoms with Crippen LogP contribution in [0, 0.1) is 0 Å². The second kappa shape index (κ2) is 9.93. The molecule has 0 unspecified atom stereocenters. The predicted molar refractivity (Wildman–Crippen MR) is 190 cm³/mol. The summed E-state index contributed by atoms with van der Waals surface area (Å²) in [5.74, 6) is 0. The molecule has 9 aromatic rings. The number of benzene rings is 9. The van der Waals surface area contributed by atoms with E-state index in [-0.39, 0.29) is 0 Å². The average molecular weight is 585 g/mol. The van der Waals surface area contributed by atoms with E-state index in [0.29, 0.717) is 0 Å². The van der Waals surface area contributed by atoms with Gasteiger partial charge in [-0.1, -0.05) is 163 Å². The summed E-state index contributed by atoms with van der Waals surface area (Å²) in [6.07, 6.45) is 0. The van der Waals surface area contributed by atoms with Gasteiger partial charge in [-0.3, -0.25) is 0 Å². The first-order valence-electron chi connectivity index (χ1n) is 27.0. The van der Waals surface area contributed by atoms with Crippen LogP contribution >= 0.6 is 0 Å². The summed E-state index contributed by atoms with van der Waals surface area (Å²) in [5.41, 5.74) is -4.93. The molecule has 0 atom stereocenters. The SMILES string of the molecule is [2H]c1c([2H])c([2H])c2c(-c3c([2H])c([2H])c4c(-c5c([2H])c([2H])c([2H])c6c([2H])c([2H])c([2H])c([2H])c56)c5c([2H])c([2H])c([2H])c([2H])c5c(-c5c([2H])c([2H])c([2H])c6c([2H])c([2H])c([2H])c([2H])c56)c4c3[2H])c([2H])c([2H])c([2H])c2c1[2H]. The van der Waals surface area contributed by atoms with Crippen LogP contribution in [0.2, 0.25) is 0 Å². The van der Waals surface area contributed by atoms with Crippen molar-refractivity contribution < 1.29 is 38.4 Å². The Morgan fingerprint density at radius 1 is 0.273 bits per heavy atom. The first-order valence-corrected chi connectivity index (χ1v) is 13.0. The maximum absolute atomic E-state index is 10.2. The minimum absolute atomic E-state index is 0.658. The van der Waals surface area contributed by atoms with Gasteiger partial charge < -0.3 is 0 Å². The average Bonchev–Trinajstić information content (AvgIpc) is 3.35. The van der Waals surface area contributed by atoms with Gasteiger partial charge in [-0.05, 0) is 93.3 Å². The Balaban J connectivity index is 1.77. The third-order valence-corrected chi connectivity index (χ3v) is 7.19. The zero-order chi connectivity index (χ0) is 53.4. The van der Waals surface area contributed by atoms with E-state index in [9.17, 15) is 12.3 Å². The Hall–Kier alpha value is -5.72. The van der Waals surface area contributed by atoms with Crippen LogP contribution in [0.5, 0.6) is 0 Å². The Kier molecular flexibility index (Phi) is 2.18. The lowest BCUT2D eigenvalue weighted by molar-refractivity contribution is 1.66. The lowest BCUT2D eigenvalue weighted by Gasteiger charge is -2.20. The highest BCUT2D eigenvalue weighted by Gasteiger charge is 2.20. The second-order valence-electron chi connectivity index (χ2n) is 9.50. The van der Waals surface area contributed by atoms with E-state index >= 15 is 0 Å². The second-order valence-corrected chi connectivity index (χ2v) is 9.50. The molecule has 0 saturated heterocycles. The molecule has 0 radical (unpaired) electrons. The van der Waals surface area contributed by atoms with E-state index in [1.165, 1.54) is 0 Å². The molecule has 0 aliphatic rings. The molecular weight excluding hydrogens is 528 g/mol. The maximum Gasteiger partial charge on any atom is 0.0636 e. The third-order valence-electron chi connectivity index (χ3n) is 7.19. The summed E-state index contributed by atoms with van der Waals surface area (Å²) in [6.45, 7) is 0. The molecule has 0 saturated carbocycles. The van der Waals surface area contributed by atoms with Crippen molar-refractivity contribution in [1.29, 1.82) is 0 Å². The summed E-state index contributed by atoms with van der Waals surface area (Å²) in [4.78, 5) is 0. The van der Waals surface area contributed by atoms with Crippen LogP contribution in [0.25, 0.3) is 87.2 Å². The molecule has 0 heteroatoms. The van der Waals surface area contributed by atoms with E-state index < -0.39 is 256 Å². The van der Waals surface area contributed by atoms with Crippen LogP contribution in [0.3, 0.4) is 0 Å². The van der Waals surface area contributed by atoms with Crippen LogP contribution < -0.4 is 0 Å². The molecule has 0 amide bonds. The lowest BCUT2D eigenvalue weighted by Crippen LogP contribution is -1.93. The van der Waals surface area contributed by atoms with E-state index in [0.717, 1.165) is 0 Å². The first kappa shape index (κ1) is 9.64. The van der Waals surface area contributed by atoms with Crippen molar-refractivity contribution in [2.45, 2.75) is 0 Å². The topological polar surface area (TPSA) is 0 Å². The summed E-state index contributed by atoms with van der Waals surface area (Å²) in [7, 11) is 0. The highest BCUT2D eigenvalue weighted by atomic mass is 14.2. The van der Waals surface area contributed by atoms with Crippen LogP contribution in [-0.4, -0.2) is 0 Å². The minimum Gasteiger partial charge on any atom is -0.0616 e. The van der Waals surface area contributed by atoms with E-state index in [4.69, 9.17) is 26.0 Å². The molecule has 0 aliphatic heterocycles. The lowest BCUT2D eigenvalue weighted by atomic mass is 9.82. The highest BCUT2D eigenvalue weighted by Crippen LogP contribution is 2.47. The maximum atomic E-state index is 10.2. The largest absolute Gasteiger partial charge is 0.0636 e. The van der Waals surface area contributed by atoms with Gasteiger partial charge in [0.2, 0.25) is 0 Å². The molecule has 0 fully saturated rings. The van der Waals surface area contributed by atoms with Gasteiger partial charge in [0.25, 0.3) is 0 Å². The minimum atomic E-state index is -1.13. The van der Waals surface area contributed by atoms with E-state index in [1.807, 2.05) is 0 Å². The molecule has 9 aromatic carbocycles. The van der Waals surface area contributed by atoms with Crippen molar-refractivity contribution in [3.63, 3.8) is 0 Å². The number of hydrogen-bond donors (Lipinski definition) is 0. The van der Waals surface area contributed by atoms with Crippen molar-refractivity contribution in [3.05, 3.63) is 169 Å². The standard InChI is InChI=1S/C44H28/c1-4-18-33-29(12-1)15-9-23-36(33)32-26-27-41-42(28-32)44(38-25-11-17-31-14-3-6-20-35(31)38)40-22-8-7-21-39(40)43(41)37-24-10-16-30-13-2-5-19-34(30)37/h1-28H/i1D,2D,3D,4D,5D,6D,7D,8D,9D,10D,11D,12D,13D,14D,15D,16D,17D,18D,19D,20D,21D,22D,23D,24D,25D,26D,27D,28D. The molecule has 9 rings (SSSR count). The molecule has 44 heavy (non-hydrogen) atoms. The van der Waals surface area contributed by atoms with Gasteiger partial charge in [0.15, 0.2) is 0 Å². The third kappa shape index (κ3) is 3.78. The fourth-order valence-corrected chi connectivity index (χ4v) is 5.34. The van der Waals surface area contributed by atoms with Crippen LogP contribution in [0.1, 0.15) is 38.4 Å². The highest BCUT2D eigenvalue weighted by molar-refractivity contribution is 6.25. The summed E-state index contributed by atoms with van der Waals surface area (Å²) in [6, 6.07) is -27.4. The molecule has 0 nitrogen and oxygen atoms in total. The van der Waals surface area contributed by atoms with Gasteiger partial charge in [-0.2, -0.15) is 0 Å². The smallest absolute Gasteiger partial charge is 0.0616 e. The normalized spacial score (nSPS) is 20.5. The van der Waals surface area contributed by atoms with E-state index in [1.54, 1.807) is 0 Å². The zero-order valence-corrected chi connectivity index (χ0v) is 22.0. The molecule has 0 N–H and O–H groups in total. The molecule has 0 bridgehead atoms. The first-order chi connectivity index (χ1) is 33.5. The zero-order valence-electron chi connectivity index (χ0n) is 50.0. The molecule has 0 aliphatic carbocycles. The molecule has 0 heterocycles. The molecule has 0 spiro atoms. The number of hydrogen-bond acceptors (Lipinski definition) is 0. The fraction of sp³-hybridized carbons (Fsp3) is 0. The summed E-state index contributed by atoms with van der Waals surface area (Å²) >= 11 is 0. The molecular formula is C44H28. The van der Waals surface area contributed by atoms with Gasteiger partial charge in [0, 0.05) is 0 Å². The molecule has 0 aromatic heterocycles. The molecule has 204 valence electrons. The Morgan fingerprint density at radius 3 is 1.16 bits per heavy atom. The Labute approximate surface area is 295 Å². The van der Waals surface area contributed by atoms with Gasteiger partial charge in [-0.15, -0.1) is 0 Å². The van der Waals surface area contributed by atoms with Crippen molar-refractivity contribution in [2.24, 2.45) is 0 Å². The van der Waals surface area contributed by atoms with Crippen LogP contribution in [-0.2, 0) is 0 Å². The van der Waals surface area contributed by atoms with Crippen LogP contribution in [0.4, 0.5) is 0 Å². The van der Waals surface area contributed by atoms with Crippen molar-refractivity contribution >= 4 is 53.9 Å². The van der Waals surface area contributed by atoms with Crippen LogP contribution in [0.15, 0.2) is 169 Å². The van der Waals surface area contributed by atoms with Gasteiger partial charge in [0.1, 0.15) is 0 Å². The predicted octanol–water partition coefficient (Wildman–Crippen LogP) is 12.5.